The second-order valence-corrected chi connectivity index (χ2v) is 11.0. The molecule has 2 rings (SSSR count). The Balaban J connectivity index is 2.46. The Kier molecular flexibility index (Phi) is 7.41. The largest absolute Gasteiger partial charge is 0.458 e. The predicted octanol–water partition coefficient (Wildman–Crippen LogP) is 6.02. The number of esters is 2. The van der Waals surface area contributed by atoms with Gasteiger partial charge in [0.2, 0.25) is 0 Å². The summed E-state index contributed by atoms with van der Waals surface area (Å²) >= 11 is 0. The van der Waals surface area contributed by atoms with Crippen molar-refractivity contribution in [1.82, 2.24) is 0 Å². The first-order chi connectivity index (χ1) is 13.8. The third kappa shape index (κ3) is 5.23. The fourth-order valence-corrected chi connectivity index (χ4v) is 4.27. The molecular weight excluding hydrogens is 380 g/mol. The number of hydrogen-bond donors (Lipinski definition) is 0. The summed E-state index contributed by atoms with van der Waals surface area (Å²) in [7, 11) is 0. The SMILES string of the molecule is CCC(/N=N/C(CC)(C(=O)OC(C)(C)C)C1CCC1)(C(=O)OC(C)(C)C)C1CCC1. The summed E-state index contributed by atoms with van der Waals surface area (Å²) in [4.78, 5) is 26.6. The molecular formula is C24H42N2O4. The highest BCUT2D eigenvalue weighted by Crippen LogP contribution is 2.46. The van der Waals surface area contributed by atoms with Crippen molar-refractivity contribution in [2.75, 3.05) is 0 Å². The van der Waals surface area contributed by atoms with Gasteiger partial charge in [0.25, 0.3) is 0 Å². The molecule has 2 aliphatic rings. The van der Waals surface area contributed by atoms with Crippen molar-refractivity contribution < 1.29 is 19.1 Å². The van der Waals surface area contributed by atoms with Crippen molar-refractivity contribution >= 4 is 11.9 Å². The van der Waals surface area contributed by atoms with Crippen molar-refractivity contribution in [2.45, 2.75) is 129 Å². The van der Waals surface area contributed by atoms with Gasteiger partial charge in [-0.2, -0.15) is 10.2 Å². The Labute approximate surface area is 182 Å². The molecule has 2 aliphatic carbocycles. The van der Waals surface area contributed by atoms with Crippen LogP contribution in [0.2, 0.25) is 0 Å². The number of ether oxygens (including phenoxy) is 2. The molecule has 172 valence electrons. The monoisotopic (exact) mass is 422 g/mol. The van der Waals surface area contributed by atoms with E-state index in [4.69, 9.17) is 19.7 Å². The molecule has 0 bridgehead atoms. The zero-order valence-electron chi connectivity index (χ0n) is 20.3. The van der Waals surface area contributed by atoms with Gasteiger partial charge in [0.1, 0.15) is 11.2 Å². The standard InChI is InChI=1S/C24H42N2O4/c1-9-23(17-13-11-14-17,19(27)29-21(3,4)5)25-26-24(10-2,18-15-12-16-18)20(28)30-22(6,7)8/h17-18H,9-16H2,1-8H3/b26-25+. The number of carbonyl (C=O) groups is 2. The van der Waals surface area contributed by atoms with Crippen LogP contribution in [-0.2, 0) is 19.1 Å². The Morgan fingerprint density at radius 2 is 1.00 bits per heavy atom. The van der Waals surface area contributed by atoms with Crippen LogP contribution in [0.5, 0.6) is 0 Å². The van der Waals surface area contributed by atoms with Gasteiger partial charge in [-0.25, -0.2) is 9.59 Å². The highest BCUT2D eigenvalue weighted by Gasteiger charge is 2.53. The Hall–Kier alpha value is -1.46. The number of rotatable bonds is 8. The first kappa shape index (κ1) is 24.8. The summed E-state index contributed by atoms with van der Waals surface area (Å²) in [5.74, 6) is -0.436. The lowest BCUT2D eigenvalue weighted by atomic mass is 9.69. The summed E-state index contributed by atoms with van der Waals surface area (Å²) in [6.07, 6.45) is 6.91. The molecule has 0 heterocycles. The summed E-state index contributed by atoms with van der Waals surface area (Å²) in [6.45, 7) is 15.1. The second-order valence-electron chi connectivity index (χ2n) is 11.0. The van der Waals surface area contributed by atoms with Crippen LogP contribution in [-0.4, -0.2) is 34.2 Å². The van der Waals surface area contributed by atoms with Gasteiger partial charge in [-0.3, -0.25) is 0 Å². The molecule has 0 amide bonds. The van der Waals surface area contributed by atoms with E-state index in [0.717, 1.165) is 38.5 Å². The molecule has 0 aromatic rings. The third-order valence-corrected chi connectivity index (χ3v) is 6.55. The van der Waals surface area contributed by atoms with Crippen molar-refractivity contribution in [1.29, 1.82) is 0 Å². The number of hydrogen-bond acceptors (Lipinski definition) is 6. The lowest BCUT2D eigenvalue weighted by Gasteiger charge is -2.43. The molecule has 2 fully saturated rings. The Morgan fingerprint density at radius 3 is 1.17 bits per heavy atom. The average molecular weight is 423 g/mol. The van der Waals surface area contributed by atoms with E-state index in [9.17, 15) is 9.59 Å². The van der Waals surface area contributed by atoms with Crippen LogP contribution in [0.3, 0.4) is 0 Å². The van der Waals surface area contributed by atoms with Gasteiger partial charge in [0.15, 0.2) is 11.1 Å². The van der Waals surface area contributed by atoms with Crippen LogP contribution in [0.1, 0.15) is 107 Å². The van der Waals surface area contributed by atoms with E-state index in [2.05, 4.69) is 0 Å². The zero-order valence-corrected chi connectivity index (χ0v) is 20.3. The number of nitrogens with zero attached hydrogens (tertiary/aromatic N) is 2. The van der Waals surface area contributed by atoms with E-state index in [1.54, 1.807) is 0 Å². The topological polar surface area (TPSA) is 77.3 Å². The van der Waals surface area contributed by atoms with Crippen LogP contribution in [0.4, 0.5) is 0 Å². The maximum Gasteiger partial charge on any atom is 0.336 e. The van der Waals surface area contributed by atoms with Gasteiger partial charge >= 0.3 is 11.9 Å². The molecule has 0 spiro atoms. The lowest BCUT2D eigenvalue weighted by molar-refractivity contribution is -0.169. The zero-order chi connectivity index (χ0) is 22.8. The molecule has 0 N–H and O–H groups in total. The van der Waals surface area contributed by atoms with Crippen LogP contribution in [0, 0.1) is 11.8 Å². The van der Waals surface area contributed by atoms with Crippen molar-refractivity contribution in [3.63, 3.8) is 0 Å². The van der Waals surface area contributed by atoms with Gasteiger partial charge in [-0.15, -0.1) is 0 Å². The third-order valence-electron chi connectivity index (χ3n) is 6.55. The van der Waals surface area contributed by atoms with Gasteiger partial charge in [-0.1, -0.05) is 26.7 Å². The van der Waals surface area contributed by atoms with Crippen molar-refractivity contribution in [2.24, 2.45) is 22.1 Å². The lowest BCUT2D eigenvalue weighted by Crippen LogP contribution is -2.52. The first-order valence-corrected chi connectivity index (χ1v) is 11.7. The van der Waals surface area contributed by atoms with E-state index < -0.39 is 22.3 Å². The molecule has 2 saturated carbocycles. The minimum atomic E-state index is -1.03. The summed E-state index contributed by atoms with van der Waals surface area (Å²) < 4.78 is 11.6. The molecule has 30 heavy (non-hydrogen) atoms. The van der Waals surface area contributed by atoms with E-state index in [0.29, 0.717) is 12.8 Å². The quantitative estimate of drug-likeness (QED) is 0.354. The minimum absolute atomic E-state index is 0.107. The number of carbonyl (C=O) groups excluding carboxylic acids is 2. The van der Waals surface area contributed by atoms with Gasteiger partial charge in [0, 0.05) is 0 Å². The minimum Gasteiger partial charge on any atom is -0.458 e. The summed E-state index contributed by atoms with van der Waals surface area (Å²) in [6, 6.07) is 0. The molecule has 2 atom stereocenters. The van der Waals surface area contributed by atoms with E-state index in [1.807, 2.05) is 55.4 Å². The van der Waals surface area contributed by atoms with Gasteiger partial charge in [0.05, 0.1) is 0 Å². The molecule has 0 radical (unpaired) electrons. The maximum absolute atomic E-state index is 13.3. The van der Waals surface area contributed by atoms with E-state index >= 15 is 0 Å². The smallest absolute Gasteiger partial charge is 0.336 e. The number of azo groups is 1. The van der Waals surface area contributed by atoms with E-state index in [1.165, 1.54) is 0 Å². The molecule has 6 nitrogen and oxygen atoms in total. The highest BCUT2D eigenvalue weighted by atomic mass is 16.6. The molecule has 2 unspecified atom stereocenters. The highest BCUT2D eigenvalue weighted by molar-refractivity contribution is 5.83. The normalized spacial score (nSPS) is 22.5. The van der Waals surface area contributed by atoms with Gasteiger partial charge < -0.3 is 9.47 Å². The summed E-state index contributed by atoms with van der Waals surface area (Å²) in [5, 5.41) is 9.45. The molecule has 0 aliphatic heterocycles. The maximum atomic E-state index is 13.3. The molecule has 0 saturated heterocycles. The molecule has 0 aromatic carbocycles. The van der Waals surface area contributed by atoms with Crippen LogP contribution < -0.4 is 0 Å². The first-order valence-electron chi connectivity index (χ1n) is 11.7. The van der Waals surface area contributed by atoms with E-state index in [-0.39, 0.29) is 23.8 Å². The Morgan fingerprint density at radius 1 is 0.700 bits per heavy atom. The average Bonchev–Trinajstić information content (AvgIpc) is 2.50. The van der Waals surface area contributed by atoms with Crippen molar-refractivity contribution in [3.05, 3.63) is 0 Å². The summed E-state index contributed by atoms with van der Waals surface area (Å²) in [5.41, 5.74) is -3.26. The fraction of sp³-hybridized carbons (Fsp3) is 0.917. The van der Waals surface area contributed by atoms with Crippen LogP contribution in [0.15, 0.2) is 10.2 Å². The second kappa shape index (κ2) is 8.96. The van der Waals surface area contributed by atoms with Crippen molar-refractivity contribution in [3.8, 4) is 0 Å². The molecule has 0 aromatic heterocycles. The van der Waals surface area contributed by atoms with Gasteiger partial charge in [-0.05, 0) is 91.9 Å². The predicted molar refractivity (Wildman–Crippen MR) is 117 cm³/mol. The van der Waals surface area contributed by atoms with Crippen LogP contribution in [0.25, 0.3) is 0 Å². The fourth-order valence-electron chi connectivity index (χ4n) is 4.27. The molecule has 6 heteroatoms. The Bertz CT molecular complexity index is 597. The van der Waals surface area contributed by atoms with Crippen LogP contribution >= 0.6 is 0 Å².